The standard InChI is InChI=1S/C18H26N4S/c1-2-19-18(22-13-15-6-5-11-23-15)20-10-9-14-12-21-17-8-4-3-7-16(14)17/h3-4,7-8,12,15,21H,2,5-6,9-11,13H2,1H3,(H2,19,20,22). The number of nitrogens with zero attached hydrogens (tertiary/aromatic N) is 1. The third kappa shape index (κ3) is 4.44. The van der Waals surface area contributed by atoms with Gasteiger partial charge in [-0.2, -0.15) is 11.8 Å². The van der Waals surface area contributed by atoms with Crippen LogP contribution in [-0.2, 0) is 6.42 Å². The molecule has 1 atom stereocenters. The summed E-state index contributed by atoms with van der Waals surface area (Å²) in [5.74, 6) is 2.24. The van der Waals surface area contributed by atoms with Gasteiger partial charge < -0.3 is 15.6 Å². The zero-order valence-electron chi connectivity index (χ0n) is 13.8. The van der Waals surface area contributed by atoms with Gasteiger partial charge in [0.05, 0.1) is 6.54 Å². The van der Waals surface area contributed by atoms with Crippen molar-refractivity contribution in [1.82, 2.24) is 15.6 Å². The SMILES string of the molecule is CCNC(=NCC1CCCS1)NCCc1c[nH]c2ccccc12. The molecule has 1 aromatic heterocycles. The number of fused-ring (bicyclic) bond motifs is 1. The van der Waals surface area contributed by atoms with Crippen molar-refractivity contribution in [2.45, 2.75) is 31.4 Å². The zero-order chi connectivity index (χ0) is 15.9. The fourth-order valence-corrected chi connectivity index (χ4v) is 4.16. The normalized spacial score (nSPS) is 18.5. The average Bonchev–Trinajstić information content (AvgIpc) is 3.22. The van der Waals surface area contributed by atoms with E-state index >= 15 is 0 Å². The van der Waals surface area contributed by atoms with Gasteiger partial charge in [-0.15, -0.1) is 0 Å². The molecular formula is C18H26N4S. The van der Waals surface area contributed by atoms with Gasteiger partial charge in [0.2, 0.25) is 0 Å². The highest BCUT2D eigenvalue weighted by Gasteiger charge is 2.14. The third-order valence-corrected chi connectivity index (χ3v) is 5.56. The van der Waals surface area contributed by atoms with E-state index in [-0.39, 0.29) is 0 Å². The third-order valence-electron chi connectivity index (χ3n) is 4.18. The summed E-state index contributed by atoms with van der Waals surface area (Å²) in [6.45, 7) is 4.83. The van der Waals surface area contributed by atoms with E-state index in [4.69, 9.17) is 4.99 Å². The van der Waals surface area contributed by atoms with Crippen LogP contribution in [0, 0.1) is 0 Å². The Kier molecular flexibility index (Phi) is 5.86. The van der Waals surface area contributed by atoms with Crippen LogP contribution in [0.5, 0.6) is 0 Å². The van der Waals surface area contributed by atoms with Gasteiger partial charge in [-0.3, -0.25) is 4.99 Å². The van der Waals surface area contributed by atoms with Gasteiger partial charge in [0.15, 0.2) is 5.96 Å². The lowest BCUT2D eigenvalue weighted by atomic mass is 10.1. The number of guanidine groups is 1. The molecule has 124 valence electrons. The first kappa shape index (κ1) is 16.2. The van der Waals surface area contributed by atoms with Crippen LogP contribution in [0.25, 0.3) is 10.9 Å². The number of hydrogen-bond donors (Lipinski definition) is 3. The van der Waals surface area contributed by atoms with Gasteiger partial charge in [0.1, 0.15) is 0 Å². The Balaban J connectivity index is 1.53. The molecule has 0 bridgehead atoms. The van der Waals surface area contributed by atoms with Crippen molar-refractivity contribution in [2.75, 3.05) is 25.4 Å². The molecule has 1 aliphatic rings. The van der Waals surface area contributed by atoms with E-state index in [0.29, 0.717) is 5.25 Å². The second-order valence-corrected chi connectivity index (χ2v) is 7.30. The zero-order valence-corrected chi connectivity index (χ0v) is 14.6. The maximum Gasteiger partial charge on any atom is 0.191 e. The van der Waals surface area contributed by atoms with Crippen LogP contribution in [0.1, 0.15) is 25.3 Å². The number of H-pyrrole nitrogens is 1. The summed E-state index contributed by atoms with van der Waals surface area (Å²) in [5.41, 5.74) is 2.57. The Hall–Kier alpha value is -1.62. The van der Waals surface area contributed by atoms with Crippen molar-refractivity contribution in [3.05, 3.63) is 36.0 Å². The number of para-hydroxylation sites is 1. The van der Waals surface area contributed by atoms with E-state index in [1.54, 1.807) is 0 Å². The van der Waals surface area contributed by atoms with Crippen molar-refractivity contribution in [2.24, 2.45) is 4.99 Å². The van der Waals surface area contributed by atoms with Crippen molar-refractivity contribution in [3.8, 4) is 0 Å². The lowest BCUT2D eigenvalue weighted by Gasteiger charge is -2.12. The Labute approximate surface area is 142 Å². The molecule has 3 N–H and O–H groups in total. The quantitative estimate of drug-likeness (QED) is 0.563. The van der Waals surface area contributed by atoms with Crippen LogP contribution < -0.4 is 10.6 Å². The number of nitrogens with one attached hydrogen (secondary N) is 3. The maximum absolute atomic E-state index is 4.74. The first-order valence-electron chi connectivity index (χ1n) is 8.55. The van der Waals surface area contributed by atoms with Gasteiger partial charge >= 0.3 is 0 Å². The minimum atomic E-state index is 0.707. The summed E-state index contributed by atoms with van der Waals surface area (Å²) < 4.78 is 0. The largest absolute Gasteiger partial charge is 0.361 e. The van der Waals surface area contributed by atoms with Gasteiger partial charge in [-0.05, 0) is 43.6 Å². The molecule has 2 heterocycles. The van der Waals surface area contributed by atoms with Crippen molar-refractivity contribution in [1.29, 1.82) is 0 Å². The first-order chi connectivity index (χ1) is 11.4. The van der Waals surface area contributed by atoms with E-state index in [1.807, 2.05) is 0 Å². The molecule has 0 amide bonds. The predicted molar refractivity (Wildman–Crippen MR) is 101 cm³/mol. The number of aromatic amines is 1. The second kappa shape index (κ2) is 8.29. The molecule has 1 unspecified atom stereocenters. The summed E-state index contributed by atoms with van der Waals surface area (Å²) in [5, 5.41) is 8.83. The molecule has 2 aromatic rings. The topological polar surface area (TPSA) is 52.2 Å². The molecule has 0 radical (unpaired) electrons. The Morgan fingerprint density at radius 2 is 2.26 bits per heavy atom. The average molecular weight is 331 g/mol. The predicted octanol–water partition coefficient (Wildman–Crippen LogP) is 3.16. The van der Waals surface area contributed by atoms with Gasteiger partial charge in [0.25, 0.3) is 0 Å². The number of aromatic nitrogens is 1. The summed E-state index contributed by atoms with van der Waals surface area (Å²) in [4.78, 5) is 8.08. The Bertz CT molecular complexity index is 643. The molecule has 3 rings (SSSR count). The molecular weight excluding hydrogens is 304 g/mol. The van der Waals surface area contributed by atoms with Crippen LogP contribution in [0.4, 0.5) is 0 Å². The Morgan fingerprint density at radius 3 is 3.09 bits per heavy atom. The van der Waals surface area contributed by atoms with Gasteiger partial charge in [-0.1, -0.05) is 18.2 Å². The molecule has 0 saturated carbocycles. The Morgan fingerprint density at radius 1 is 1.35 bits per heavy atom. The highest BCUT2D eigenvalue weighted by atomic mass is 32.2. The van der Waals surface area contributed by atoms with E-state index in [1.165, 1.54) is 35.1 Å². The number of aliphatic imine (C=N–C) groups is 1. The first-order valence-corrected chi connectivity index (χ1v) is 9.60. The van der Waals surface area contributed by atoms with Crippen LogP contribution in [0.15, 0.2) is 35.5 Å². The second-order valence-electron chi connectivity index (χ2n) is 5.89. The van der Waals surface area contributed by atoms with Crippen LogP contribution >= 0.6 is 11.8 Å². The fraction of sp³-hybridized carbons (Fsp3) is 0.500. The van der Waals surface area contributed by atoms with Crippen LogP contribution in [-0.4, -0.2) is 41.6 Å². The minimum absolute atomic E-state index is 0.707. The van der Waals surface area contributed by atoms with Crippen LogP contribution in [0.3, 0.4) is 0 Å². The molecule has 5 heteroatoms. The molecule has 1 aromatic carbocycles. The summed E-state index contributed by atoms with van der Waals surface area (Å²) >= 11 is 2.06. The fourth-order valence-electron chi connectivity index (χ4n) is 2.98. The summed E-state index contributed by atoms with van der Waals surface area (Å²) in [6, 6.07) is 8.46. The number of hydrogen-bond acceptors (Lipinski definition) is 2. The molecule has 0 spiro atoms. The highest BCUT2D eigenvalue weighted by Crippen LogP contribution is 2.26. The van der Waals surface area contributed by atoms with E-state index < -0.39 is 0 Å². The summed E-state index contributed by atoms with van der Waals surface area (Å²) in [7, 11) is 0. The minimum Gasteiger partial charge on any atom is -0.361 e. The maximum atomic E-state index is 4.74. The molecule has 1 aliphatic heterocycles. The van der Waals surface area contributed by atoms with Crippen molar-refractivity contribution >= 4 is 28.6 Å². The molecule has 1 saturated heterocycles. The van der Waals surface area contributed by atoms with Crippen LogP contribution in [0.2, 0.25) is 0 Å². The van der Waals surface area contributed by atoms with Gasteiger partial charge in [-0.25, -0.2) is 0 Å². The van der Waals surface area contributed by atoms with E-state index in [2.05, 4.69) is 64.8 Å². The van der Waals surface area contributed by atoms with E-state index in [9.17, 15) is 0 Å². The number of rotatable bonds is 6. The molecule has 0 aliphatic carbocycles. The van der Waals surface area contributed by atoms with Gasteiger partial charge in [0, 0.05) is 35.4 Å². The molecule has 1 fully saturated rings. The lowest BCUT2D eigenvalue weighted by molar-refractivity contribution is 0.761. The smallest absolute Gasteiger partial charge is 0.191 e. The number of benzene rings is 1. The molecule has 23 heavy (non-hydrogen) atoms. The summed E-state index contributed by atoms with van der Waals surface area (Å²) in [6.07, 6.45) is 5.76. The highest BCUT2D eigenvalue weighted by molar-refractivity contribution is 8.00. The number of thioether (sulfide) groups is 1. The molecule has 4 nitrogen and oxygen atoms in total. The van der Waals surface area contributed by atoms with E-state index in [0.717, 1.165) is 32.0 Å². The van der Waals surface area contributed by atoms with Crippen molar-refractivity contribution in [3.63, 3.8) is 0 Å². The lowest BCUT2D eigenvalue weighted by Crippen LogP contribution is -2.38. The van der Waals surface area contributed by atoms with Crippen molar-refractivity contribution < 1.29 is 0 Å². The monoisotopic (exact) mass is 330 g/mol.